The quantitative estimate of drug-likeness (QED) is 0.551. The number of nitrogens with zero attached hydrogens (tertiary/aromatic N) is 1. The van der Waals surface area contributed by atoms with Gasteiger partial charge in [-0.1, -0.05) is 19.1 Å². The van der Waals surface area contributed by atoms with Crippen molar-refractivity contribution in [2.24, 2.45) is 5.92 Å². The van der Waals surface area contributed by atoms with E-state index in [4.69, 9.17) is 0 Å². The lowest BCUT2D eigenvalue weighted by molar-refractivity contribution is 0.169. The van der Waals surface area contributed by atoms with Crippen LogP contribution in [0.1, 0.15) is 40.0 Å². The molecule has 1 rings (SSSR count). The van der Waals surface area contributed by atoms with E-state index >= 15 is 0 Å². The Bertz CT molecular complexity index is 193. The molecule has 1 aliphatic rings. The summed E-state index contributed by atoms with van der Waals surface area (Å²) in [6.45, 7) is 11.6. The minimum absolute atomic E-state index is 0.685. The molecule has 1 unspecified atom stereocenters. The van der Waals surface area contributed by atoms with Crippen LogP contribution in [0.25, 0.3) is 0 Å². The first-order valence-corrected chi connectivity index (χ1v) is 6.84. The molecular weight excluding hydrogens is 196 g/mol. The number of likely N-dealkylation sites (tertiary alicyclic amines) is 1. The number of nitrogens with one attached hydrogen (secondary N) is 1. The van der Waals surface area contributed by atoms with Gasteiger partial charge in [-0.15, -0.1) is 0 Å². The van der Waals surface area contributed by atoms with Gasteiger partial charge in [-0.3, -0.25) is 0 Å². The highest BCUT2D eigenvalue weighted by Gasteiger charge is 2.22. The van der Waals surface area contributed by atoms with Gasteiger partial charge in [-0.25, -0.2) is 0 Å². The molecule has 2 heteroatoms. The van der Waals surface area contributed by atoms with Crippen LogP contribution in [0.15, 0.2) is 12.2 Å². The molecule has 1 saturated heterocycles. The highest BCUT2D eigenvalue weighted by atomic mass is 15.1. The van der Waals surface area contributed by atoms with E-state index in [0.29, 0.717) is 6.04 Å². The first-order chi connectivity index (χ1) is 7.77. The molecule has 1 N–H and O–H groups in total. The summed E-state index contributed by atoms with van der Waals surface area (Å²) in [5.74, 6) is 0.883. The maximum atomic E-state index is 3.65. The van der Waals surface area contributed by atoms with Crippen molar-refractivity contribution in [1.82, 2.24) is 10.2 Å². The van der Waals surface area contributed by atoms with E-state index in [1.807, 2.05) is 0 Å². The fourth-order valence-corrected chi connectivity index (χ4v) is 2.50. The third-order valence-corrected chi connectivity index (χ3v) is 3.80. The lowest BCUT2D eigenvalue weighted by Gasteiger charge is -2.34. The Labute approximate surface area is 101 Å². The number of rotatable bonds is 6. The first kappa shape index (κ1) is 13.7. The third kappa shape index (κ3) is 4.67. The summed E-state index contributed by atoms with van der Waals surface area (Å²) in [5.41, 5.74) is 0. The molecule has 94 valence electrons. The van der Waals surface area contributed by atoms with E-state index in [2.05, 4.69) is 43.1 Å². The monoisotopic (exact) mass is 224 g/mol. The summed E-state index contributed by atoms with van der Waals surface area (Å²) >= 11 is 0. The van der Waals surface area contributed by atoms with Crippen LogP contribution in [0.3, 0.4) is 0 Å². The van der Waals surface area contributed by atoms with E-state index < -0.39 is 0 Å². The number of hydrogen-bond acceptors (Lipinski definition) is 2. The zero-order valence-corrected chi connectivity index (χ0v) is 11.2. The first-order valence-electron chi connectivity index (χ1n) is 6.84. The lowest BCUT2D eigenvalue weighted by atomic mass is 9.90. The normalized spacial score (nSPS) is 21.7. The van der Waals surface area contributed by atoms with Gasteiger partial charge in [0.1, 0.15) is 0 Å². The highest BCUT2D eigenvalue weighted by molar-refractivity contribution is 4.81. The molecule has 1 fully saturated rings. The Morgan fingerprint density at radius 3 is 2.62 bits per heavy atom. The van der Waals surface area contributed by atoms with Gasteiger partial charge in [0.25, 0.3) is 0 Å². The van der Waals surface area contributed by atoms with Crippen LogP contribution < -0.4 is 5.32 Å². The van der Waals surface area contributed by atoms with E-state index in [1.165, 1.54) is 32.5 Å². The molecule has 0 saturated carbocycles. The van der Waals surface area contributed by atoms with Gasteiger partial charge in [0.05, 0.1) is 0 Å². The molecule has 0 amide bonds. The van der Waals surface area contributed by atoms with Crippen molar-refractivity contribution in [1.29, 1.82) is 0 Å². The van der Waals surface area contributed by atoms with E-state index in [0.717, 1.165) is 18.9 Å². The van der Waals surface area contributed by atoms with Crippen LogP contribution in [0.5, 0.6) is 0 Å². The van der Waals surface area contributed by atoms with Gasteiger partial charge in [0.2, 0.25) is 0 Å². The smallest absolute Gasteiger partial charge is 0.00680 e. The Hall–Kier alpha value is -0.340. The fraction of sp³-hybridized carbons (Fsp3) is 0.857. The van der Waals surface area contributed by atoms with Crippen molar-refractivity contribution < 1.29 is 0 Å². The average Bonchev–Trinajstić information content (AvgIpc) is 2.34. The van der Waals surface area contributed by atoms with Crippen LogP contribution in [-0.4, -0.2) is 37.1 Å². The van der Waals surface area contributed by atoms with Crippen molar-refractivity contribution in [3.63, 3.8) is 0 Å². The van der Waals surface area contributed by atoms with Gasteiger partial charge in [0, 0.05) is 6.04 Å². The molecule has 0 spiro atoms. The minimum atomic E-state index is 0.685. The lowest BCUT2D eigenvalue weighted by Crippen LogP contribution is -2.42. The summed E-state index contributed by atoms with van der Waals surface area (Å²) in [7, 11) is 0. The average molecular weight is 224 g/mol. The summed E-state index contributed by atoms with van der Waals surface area (Å²) in [5, 5.41) is 3.65. The maximum absolute atomic E-state index is 3.65. The number of allylic oxidation sites excluding steroid dienone is 1. The SMILES string of the molecule is C/C=C/CCNC(C)C1CCN(CC)CC1. The van der Waals surface area contributed by atoms with Crippen molar-refractivity contribution >= 4 is 0 Å². The molecule has 0 bridgehead atoms. The molecule has 1 aliphatic heterocycles. The van der Waals surface area contributed by atoms with Gasteiger partial charge in [0.15, 0.2) is 0 Å². The zero-order chi connectivity index (χ0) is 11.8. The topological polar surface area (TPSA) is 15.3 Å². The molecule has 0 aromatic heterocycles. The second kappa shape index (κ2) is 7.86. The standard InChI is InChI=1S/C14H28N2/c1-4-6-7-10-15-13(3)14-8-11-16(5-2)12-9-14/h4,6,13-15H,5,7-12H2,1-3H3/b6-4+. The van der Waals surface area contributed by atoms with Crippen molar-refractivity contribution in [2.45, 2.75) is 46.1 Å². The zero-order valence-electron chi connectivity index (χ0n) is 11.2. The molecule has 2 nitrogen and oxygen atoms in total. The van der Waals surface area contributed by atoms with Gasteiger partial charge in [-0.2, -0.15) is 0 Å². The molecule has 1 heterocycles. The van der Waals surface area contributed by atoms with E-state index in [-0.39, 0.29) is 0 Å². The molecule has 0 aromatic rings. The van der Waals surface area contributed by atoms with Gasteiger partial charge in [-0.05, 0) is 65.2 Å². The van der Waals surface area contributed by atoms with Gasteiger partial charge >= 0.3 is 0 Å². The molecule has 0 radical (unpaired) electrons. The second-order valence-electron chi connectivity index (χ2n) is 4.87. The second-order valence-corrected chi connectivity index (χ2v) is 4.87. The molecular formula is C14H28N2. The third-order valence-electron chi connectivity index (χ3n) is 3.80. The van der Waals surface area contributed by atoms with E-state index in [1.54, 1.807) is 0 Å². The van der Waals surface area contributed by atoms with Gasteiger partial charge < -0.3 is 10.2 Å². The van der Waals surface area contributed by atoms with Crippen molar-refractivity contribution in [2.75, 3.05) is 26.2 Å². The fourth-order valence-electron chi connectivity index (χ4n) is 2.50. The van der Waals surface area contributed by atoms with Crippen LogP contribution in [0.2, 0.25) is 0 Å². The molecule has 0 aliphatic carbocycles. The van der Waals surface area contributed by atoms with Crippen LogP contribution >= 0.6 is 0 Å². The summed E-state index contributed by atoms with van der Waals surface area (Å²) in [4.78, 5) is 2.56. The highest BCUT2D eigenvalue weighted by Crippen LogP contribution is 2.20. The minimum Gasteiger partial charge on any atom is -0.314 e. The summed E-state index contributed by atoms with van der Waals surface area (Å²) in [6, 6.07) is 0.685. The largest absolute Gasteiger partial charge is 0.314 e. The Morgan fingerprint density at radius 2 is 2.06 bits per heavy atom. The van der Waals surface area contributed by atoms with Crippen LogP contribution in [-0.2, 0) is 0 Å². The molecule has 1 atom stereocenters. The predicted molar refractivity (Wildman–Crippen MR) is 71.7 cm³/mol. The number of piperidine rings is 1. The summed E-state index contributed by atoms with van der Waals surface area (Å²) < 4.78 is 0. The Balaban J connectivity index is 2.14. The Morgan fingerprint density at radius 1 is 1.38 bits per heavy atom. The van der Waals surface area contributed by atoms with Crippen LogP contribution in [0, 0.1) is 5.92 Å². The molecule has 16 heavy (non-hydrogen) atoms. The maximum Gasteiger partial charge on any atom is 0.00680 e. The number of hydrogen-bond donors (Lipinski definition) is 1. The van der Waals surface area contributed by atoms with Crippen LogP contribution in [0.4, 0.5) is 0 Å². The predicted octanol–water partition coefficient (Wildman–Crippen LogP) is 2.66. The van der Waals surface area contributed by atoms with E-state index in [9.17, 15) is 0 Å². The Kier molecular flexibility index (Phi) is 6.74. The van der Waals surface area contributed by atoms with Crippen molar-refractivity contribution in [3.05, 3.63) is 12.2 Å². The van der Waals surface area contributed by atoms with Crippen molar-refractivity contribution in [3.8, 4) is 0 Å². The molecule has 0 aromatic carbocycles. The summed E-state index contributed by atoms with van der Waals surface area (Å²) in [6.07, 6.45) is 8.26.